The van der Waals surface area contributed by atoms with Gasteiger partial charge in [0.05, 0.1) is 24.5 Å². The first-order chi connectivity index (χ1) is 18.2. The van der Waals surface area contributed by atoms with Gasteiger partial charge in [-0.2, -0.15) is 13.2 Å². The maximum atomic E-state index is 13.3. The minimum absolute atomic E-state index is 0.0604. The molecule has 0 saturated carbocycles. The molecule has 1 amide bonds. The predicted molar refractivity (Wildman–Crippen MR) is 132 cm³/mol. The third-order valence-electron chi connectivity index (χ3n) is 6.18. The van der Waals surface area contributed by atoms with E-state index in [0.29, 0.717) is 36.8 Å². The molecule has 38 heavy (non-hydrogen) atoms. The summed E-state index contributed by atoms with van der Waals surface area (Å²) in [6, 6.07) is 11.8. The molecule has 0 radical (unpaired) electrons. The van der Waals surface area contributed by atoms with Crippen LogP contribution >= 0.6 is 0 Å². The molecule has 0 spiro atoms. The quantitative estimate of drug-likeness (QED) is 0.372. The fourth-order valence-corrected chi connectivity index (χ4v) is 4.31. The largest absolute Gasteiger partial charge is 0.494 e. The molecule has 11 heteroatoms. The fraction of sp³-hybridized carbons (Fsp3) is 0.333. The average molecular weight is 529 g/mol. The molecule has 200 valence electrons. The Balaban J connectivity index is 1.44. The van der Waals surface area contributed by atoms with E-state index in [1.54, 1.807) is 24.5 Å². The summed E-state index contributed by atoms with van der Waals surface area (Å²) in [5.74, 6) is -1.07. The summed E-state index contributed by atoms with van der Waals surface area (Å²) >= 11 is 0. The van der Waals surface area contributed by atoms with Crippen LogP contribution in [0.3, 0.4) is 0 Å². The van der Waals surface area contributed by atoms with Gasteiger partial charge in [-0.3, -0.25) is 9.59 Å². The molecule has 2 heterocycles. The molecule has 1 aliphatic rings. The van der Waals surface area contributed by atoms with E-state index in [1.807, 2.05) is 12.1 Å². The Labute approximate surface area is 217 Å². The number of aliphatic carboxylic acids is 1. The lowest BCUT2D eigenvalue weighted by Gasteiger charge is -2.24. The number of carboxylic acids is 1. The lowest BCUT2D eigenvalue weighted by atomic mass is 9.94. The lowest BCUT2D eigenvalue weighted by molar-refractivity contribution is -0.144. The smallest absolute Gasteiger partial charge is 0.416 e. The molecule has 4 rings (SSSR count). The molecule has 2 aromatic carbocycles. The first kappa shape index (κ1) is 26.9. The van der Waals surface area contributed by atoms with Crippen LogP contribution in [0.15, 0.2) is 60.9 Å². The van der Waals surface area contributed by atoms with Crippen molar-refractivity contribution in [1.82, 2.24) is 14.9 Å². The number of nitrogens with one attached hydrogen (secondary N) is 1. The maximum absolute atomic E-state index is 13.3. The van der Waals surface area contributed by atoms with Crippen LogP contribution in [-0.4, -0.2) is 45.0 Å². The normalized spacial score (nSPS) is 15.5. The van der Waals surface area contributed by atoms with Gasteiger partial charge in [-0.15, -0.1) is 0 Å². The summed E-state index contributed by atoms with van der Waals surface area (Å²) in [5.41, 5.74) is 1.40. The molecule has 0 fully saturated rings. The van der Waals surface area contributed by atoms with Gasteiger partial charge < -0.3 is 20.1 Å². The van der Waals surface area contributed by atoms with E-state index in [9.17, 15) is 27.9 Å². The number of carbonyl (C=O) groups excluding carboxylic acids is 1. The molecule has 2 N–H and O–H groups in total. The van der Waals surface area contributed by atoms with Crippen molar-refractivity contribution >= 4 is 17.8 Å². The number of hydrogen-bond donors (Lipinski definition) is 2. The molecule has 0 bridgehead atoms. The zero-order valence-corrected chi connectivity index (χ0v) is 20.4. The van der Waals surface area contributed by atoms with Crippen molar-refractivity contribution in [3.63, 3.8) is 0 Å². The molecule has 1 aliphatic heterocycles. The number of amides is 1. The Morgan fingerprint density at radius 3 is 2.53 bits per heavy atom. The molecule has 3 aromatic rings. The Hall–Kier alpha value is -4.15. The van der Waals surface area contributed by atoms with Gasteiger partial charge in [0.25, 0.3) is 0 Å². The number of nitrogens with zero attached hydrogens (tertiary/aromatic N) is 3. The third kappa shape index (κ3) is 7.21. The Bertz CT molecular complexity index is 1250. The topological polar surface area (TPSA) is 105 Å². The highest BCUT2D eigenvalue weighted by atomic mass is 19.4. The number of alkyl halides is 3. The van der Waals surface area contributed by atoms with Gasteiger partial charge in [-0.25, -0.2) is 9.97 Å². The number of ether oxygens (including phenoxy) is 1. The van der Waals surface area contributed by atoms with Crippen LogP contribution in [0.4, 0.5) is 19.1 Å². The number of rotatable bonds is 10. The van der Waals surface area contributed by atoms with Crippen LogP contribution in [0.25, 0.3) is 0 Å². The van der Waals surface area contributed by atoms with Crippen molar-refractivity contribution < 1.29 is 32.6 Å². The van der Waals surface area contributed by atoms with E-state index in [1.165, 1.54) is 17.0 Å². The summed E-state index contributed by atoms with van der Waals surface area (Å²) in [6.07, 6.45) is -0.551. The highest BCUT2D eigenvalue weighted by Crippen LogP contribution is 2.31. The first-order valence-electron chi connectivity index (χ1n) is 12.1. The number of halogens is 3. The van der Waals surface area contributed by atoms with Crippen LogP contribution in [0.5, 0.6) is 5.75 Å². The molecular formula is C27H27F3N4O4. The highest BCUT2D eigenvalue weighted by Gasteiger charge is 2.32. The first-order valence-corrected chi connectivity index (χ1v) is 12.1. The number of fused-ring (bicyclic) bond motifs is 1. The molecule has 0 aliphatic carbocycles. The Morgan fingerprint density at radius 1 is 1.11 bits per heavy atom. The minimum atomic E-state index is -4.45. The van der Waals surface area contributed by atoms with E-state index in [0.717, 1.165) is 23.3 Å². The molecule has 0 saturated heterocycles. The van der Waals surface area contributed by atoms with Crippen LogP contribution in [-0.2, 0) is 35.3 Å². The van der Waals surface area contributed by atoms with E-state index in [-0.39, 0.29) is 31.8 Å². The van der Waals surface area contributed by atoms with Crippen LogP contribution in [0, 0.1) is 5.92 Å². The van der Waals surface area contributed by atoms with Crippen LogP contribution < -0.4 is 10.1 Å². The monoisotopic (exact) mass is 528 g/mol. The number of aromatic nitrogens is 2. The van der Waals surface area contributed by atoms with E-state index in [2.05, 4.69) is 15.3 Å². The van der Waals surface area contributed by atoms with Crippen molar-refractivity contribution in [2.45, 2.75) is 38.5 Å². The summed E-state index contributed by atoms with van der Waals surface area (Å²) in [5, 5.41) is 12.5. The van der Waals surface area contributed by atoms with E-state index < -0.39 is 23.6 Å². The van der Waals surface area contributed by atoms with Crippen molar-refractivity contribution in [3.8, 4) is 5.75 Å². The molecule has 1 atom stereocenters. The van der Waals surface area contributed by atoms with Gasteiger partial charge in [-0.05, 0) is 59.9 Å². The number of benzene rings is 2. The predicted octanol–water partition coefficient (Wildman–Crippen LogP) is 4.55. The van der Waals surface area contributed by atoms with Crippen molar-refractivity contribution in [2.75, 3.05) is 18.5 Å². The molecule has 0 unspecified atom stereocenters. The van der Waals surface area contributed by atoms with E-state index in [4.69, 9.17) is 4.74 Å². The van der Waals surface area contributed by atoms with Crippen molar-refractivity contribution in [2.24, 2.45) is 5.92 Å². The number of carbonyl (C=O) groups is 2. The van der Waals surface area contributed by atoms with Gasteiger partial charge in [0, 0.05) is 32.0 Å². The zero-order valence-electron chi connectivity index (χ0n) is 20.4. The second-order valence-corrected chi connectivity index (χ2v) is 9.02. The zero-order chi connectivity index (χ0) is 27.1. The number of anilines is 1. The summed E-state index contributed by atoms with van der Waals surface area (Å²) in [4.78, 5) is 34.4. The summed E-state index contributed by atoms with van der Waals surface area (Å²) in [7, 11) is 0. The van der Waals surface area contributed by atoms with Gasteiger partial charge >= 0.3 is 12.1 Å². The SMILES string of the molecule is O=C(O)C[C@@H]1Cc2ccc(OCCCNc3ncccn3)cc2CN(Cc2ccc(C(F)(F)F)cc2)C1=O. The number of hydrogen-bond acceptors (Lipinski definition) is 6. The molecule has 8 nitrogen and oxygen atoms in total. The van der Waals surface area contributed by atoms with Crippen LogP contribution in [0.1, 0.15) is 35.1 Å². The lowest BCUT2D eigenvalue weighted by Crippen LogP contribution is -2.35. The van der Waals surface area contributed by atoms with Crippen molar-refractivity contribution in [1.29, 1.82) is 0 Å². The molecule has 1 aromatic heterocycles. The second-order valence-electron chi connectivity index (χ2n) is 9.02. The standard InChI is InChI=1S/C27H27F3N4O4/c28-27(29,30)22-6-3-18(4-7-22)16-34-17-21-14-23(38-12-2-11-33-26-31-9-1-10-32-26)8-5-19(21)13-20(25(34)37)15-24(35)36/h1,3-10,14,20H,2,11-13,15-17H2,(H,35,36)(H,31,32,33)/t20-/m0/s1. The summed E-state index contributed by atoms with van der Waals surface area (Å²) in [6.45, 7) is 1.29. The second kappa shape index (κ2) is 11.9. The van der Waals surface area contributed by atoms with Gasteiger partial charge in [-0.1, -0.05) is 18.2 Å². The Kier molecular flexibility index (Phi) is 8.45. The van der Waals surface area contributed by atoms with Gasteiger partial charge in [0.15, 0.2) is 0 Å². The minimum Gasteiger partial charge on any atom is -0.494 e. The van der Waals surface area contributed by atoms with Crippen LogP contribution in [0.2, 0.25) is 0 Å². The fourth-order valence-electron chi connectivity index (χ4n) is 4.31. The van der Waals surface area contributed by atoms with E-state index >= 15 is 0 Å². The van der Waals surface area contributed by atoms with Crippen molar-refractivity contribution in [3.05, 3.63) is 83.2 Å². The van der Waals surface area contributed by atoms with Gasteiger partial charge in [0.2, 0.25) is 11.9 Å². The highest BCUT2D eigenvalue weighted by molar-refractivity contribution is 5.84. The van der Waals surface area contributed by atoms with Gasteiger partial charge in [0.1, 0.15) is 5.75 Å². The third-order valence-corrected chi connectivity index (χ3v) is 6.18. The average Bonchev–Trinajstić information content (AvgIpc) is 3.00. The maximum Gasteiger partial charge on any atom is 0.416 e. The summed E-state index contributed by atoms with van der Waals surface area (Å²) < 4.78 is 44.7. The molecular weight excluding hydrogens is 501 g/mol. The Morgan fingerprint density at radius 2 is 1.84 bits per heavy atom. The number of carboxylic acid groups (broad SMARTS) is 1.